The second kappa shape index (κ2) is 4.01. The van der Waals surface area contributed by atoms with Gasteiger partial charge in [0.15, 0.2) is 0 Å². The van der Waals surface area contributed by atoms with Crippen molar-refractivity contribution in [3.05, 3.63) is 12.2 Å². The third-order valence-corrected chi connectivity index (χ3v) is 3.21. The van der Waals surface area contributed by atoms with Crippen molar-refractivity contribution >= 4 is 0 Å². The molecule has 3 heteroatoms. The Morgan fingerprint density at radius 2 is 1.93 bits per heavy atom. The maximum atomic E-state index is 9.86. The van der Waals surface area contributed by atoms with Crippen molar-refractivity contribution in [2.45, 2.75) is 33.0 Å². The minimum atomic E-state index is -0.804. The predicted octanol–water partition coefficient (Wildman–Crippen LogP) is 0.549. The smallest absolute Gasteiger partial charge is 0.0983 e. The molecule has 1 aliphatic rings. The van der Waals surface area contributed by atoms with Crippen molar-refractivity contribution < 1.29 is 15.3 Å². The zero-order chi connectivity index (χ0) is 10.9. The molecular formula is C11H20O3. The lowest BCUT2D eigenvalue weighted by Crippen LogP contribution is -2.48. The molecule has 1 rings (SSSR count). The van der Waals surface area contributed by atoms with Gasteiger partial charge in [-0.3, -0.25) is 0 Å². The Morgan fingerprint density at radius 3 is 2.36 bits per heavy atom. The van der Waals surface area contributed by atoms with Gasteiger partial charge in [-0.2, -0.15) is 0 Å². The highest BCUT2D eigenvalue weighted by atomic mass is 16.3. The molecule has 0 spiro atoms. The second-order valence-corrected chi connectivity index (χ2v) is 4.77. The molecule has 82 valence electrons. The number of aliphatic hydroxyl groups excluding tert-OH is 3. The van der Waals surface area contributed by atoms with Crippen LogP contribution in [-0.2, 0) is 0 Å². The average molecular weight is 200 g/mol. The van der Waals surface area contributed by atoms with Crippen LogP contribution in [0.4, 0.5) is 0 Å². The molecule has 0 saturated carbocycles. The van der Waals surface area contributed by atoms with Crippen LogP contribution >= 0.6 is 0 Å². The van der Waals surface area contributed by atoms with E-state index in [4.69, 9.17) is 0 Å². The fraction of sp³-hybridized carbons (Fsp3) is 0.818. The Balaban J connectivity index is 3.00. The number of hydrogen-bond donors (Lipinski definition) is 3. The van der Waals surface area contributed by atoms with Crippen LogP contribution in [0.15, 0.2) is 12.2 Å². The highest BCUT2D eigenvalue weighted by Crippen LogP contribution is 2.40. The third-order valence-electron chi connectivity index (χ3n) is 3.21. The summed E-state index contributed by atoms with van der Waals surface area (Å²) in [6.07, 6.45) is 1.80. The molecule has 0 aliphatic heterocycles. The summed E-state index contributed by atoms with van der Waals surface area (Å²) in [5, 5.41) is 28.7. The number of aliphatic hydroxyl groups is 3. The molecule has 3 N–H and O–H groups in total. The Bertz CT molecular complexity index is 225. The van der Waals surface area contributed by atoms with E-state index >= 15 is 0 Å². The lowest BCUT2D eigenvalue weighted by molar-refractivity contribution is -0.0684. The first-order valence-corrected chi connectivity index (χ1v) is 5.08. The van der Waals surface area contributed by atoms with Gasteiger partial charge in [0, 0.05) is 11.3 Å². The van der Waals surface area contributed by atoms with E-state index in [1.165, 1.54) is 0 Å². The van der Waals surface area contributed by atoms with Crippen LogP contribution in [0.25, 0.3) is 0 Å². The van der Waals surface area contributed by atoms with E-state index in [1.807, 2.05) is 26.8 Å². The van der Waals surface area contributed by atoms with Gasteiger partial charge in [-0.25, -0.2) is 0 Å². The summed E-state index contributed by atoms with van der Waals surface area (Å²) in [5.74, 6) is 0.120. The van der Waals surface area contributed by atoms with Crippen LogP contribution in [0.3, 0.4) is 0 Å². The summed E-state index contributed by atoms with van der Waals surface area (Å²) in [7, 11) is 0. The van der Waals surface area contributed by atoms with Gasteiger partial charge in [0.2, 0.25) is 0 Å². The fourth-order valence-electron chi connectivity index (χ4n) is 2.46. The van der Waals surface area contributed by atoms with E-state index < -0.39 is 17.6 Å². The van der Waals surface area contributed by atoms with Crippen LogP contribution in [0.2, 0.25) is 0 Å². The summed E-state index contributed by atoms with van der Waals surface area (Å²) >= 11 is 0. The zero-order valence-corrected chi connectivity index (χ0v) is 9.01. The van der Waals surface area contributed by atoms with Crippen LogP contribution in [0.5, 0.6) is 0 Å². The van der Waals surface area contributed by atoms with Gasteiger partial charge in [0.25, 0.3) is 0 Å². The standard InChI is InChI=1S/C11H20O3/c1-7(2)9-10(14)8(13)4-5-11(9,3)6-12/h4-5,7-10,12-14H,6H2,1-3H3/t8-,9-,10+,11-/m1/s1. The minimum absolute atomic E-state index is 0.00384. The summed E-state index contributed by atoms with van der Waals surface area (Å²) < 4.78 is 0. The summed E-state index contributed by atoms with van der Waals surface area (Å²) in [6, 6.07) is 0. The van der Waals surface area contributed by atoms with E-state index in [-0.39, 0.29) is 18.4 Å². The zero-order valence-electron chi connectivity index (χ0n) is 9.01. The van der Waals surface area contributed by atoms with E-state index in [2.05, 4.69) is 0 Å². The molecule has 0 aromatic carbocycles. The molecule has 0 fully saturated rings. The predicted molar refractivity (Wildman–Crippen MR) is 54.7 cm³/mol. The maximum absolute atomic E-state index is 9.86. The van der Waals surface area contributed by atoms with Crippen molar-refractivity contribution in [2.24, 2.45) is 17.3 Å². The van der Waals surface area contributed by atoms with Gasteiger partial charge in [0.05, 0.1) is 18.8 Å². The minimum Gasteiger partial charge on any atom is -0.395 e. The molecule has 1 aliphatic carbocycles. The molecule has 0 amide bonds. The van der Waals surface area contributed by atoms with E-state index in [0.717, 1.165) is 0 Å². The average Bonchev–Trinajstić information content (AvgIpc) is 2.12. The SMILES string of the molecule is CC(C)[C@@H]1[C@@H](O)[C@H](O)C=C[C@]1(C)CO. The molecular weight excluding hydrogens is 180 g/mol. The van der Waals surface area contributed by atoms with Crippen molar-refractivity contribution in [3.63, 3.8) is 0 Å². The van der Waals surface area contributed by atoms with Gasteiger partial charge >= 0.3 is 0 Å². The van der Waals surface area contributed by atoms with Gasteiger partial charge in [-0.15, -0.1) is 0 Å². The van der Waals surface area contributed by atoms with E-state index in [0.29, 0.717) is 0 Å². The van der Waals surface area contributed by atoms with Crippen molar-refractivity contribution in [1.82, 2.24) is 0 Å². The van der Waals surface area contributed by atoms with Crippen LogP contribution < -0.4 is 0 Å². The van der Waals surface area contributed by atoms with Gasteiger partial charge in [-0.05, 0) is 5.92 Å². The lowest BCUT2D eigenvalue weighted by atomic mass is 9.65. The van der Waals surface area contributed by atoms with E-state index in [1.54, 1.807) is 6.08 Å². The molecule has 0 aromatic rings. The Kier molecular flexibility index (Phi) is 3.35. The monoisotopic (exact) mass is 200 g/mol. The van der Waals surface area contributed by atoms with E-state index in [9.17, 15) is 15.3 Å². The van der Waals surface area contributed by atoms with Crippen LogP contribution in [-0.4, -0.2) is 34.1 Å². The van der Waals surface area contributed by atoms with Gasteiger partial charge in [-0.1, -0.05) is 32.9 Å². The molecule has 4 atom stereocenters. The lowest BCUT2D eigenvalue weighted by Gasteiger charge is -2.43. The Labute approximate surface area is 85.1 Å². The first-order valence-electron chi connectivity index (χ1n) is 5.08. The highest BCUT2D eigenvalue weighted by molar-refractivity contribution is 5.13. The summed E-state index contributed by atoms with van der Waals surface area (Å²) in [6.45, 7) is 5.89. The molecule has 14 heavy (non-hydrogen) atoms. The van der Waals surface area contributed by atoms with Gasteiger partial charge < -0.3 is 15.3 Å². The molecule has 0 aromatic heterocycles. The molecule has 0 saturated heterocycles. The first-order chi connectivity index (χ1) is 6.42. The Morgan fingerprint density at radius 1 is 1.36 bits per heavy atom. The topological polar surface area (TPSA) is 60.7 Å². The van der Waals surface area contributed by atoms with Crippen molar-refractivity contribution in [2.75, 3.05) is 6.61 Å². The number of rotatable bonds is 2. The highest BCUT2D eigenvalue weighted by Gasteiger charge is 2.43. The molecule has 0 bridgehead atoms. The quantitative estimate of drug-likeness (QED) is 0.570. The van der Waals surface area contributed by atoms with Crippen molar-refractivity contribution in [1.29, 1.82) is 0 Å². The molecule has 0 heterocycles. The number of hydrogen-bond acceptors (Lipinski definition) is 3. The first kappa shape index (κ1) is 11.7. The molecule has 0 unspecified atom stereocenters. The molecule has 0 radical (unpaired) electrons. The van der Waals surface area contributed by atoms with Crippen LogP contribution in [0.1, 0.15) is 20.8 Å². The largest absolute Gasteiger partial charge is 0.395 e. The van der Waals surface area contributed by atoms with Crippen LogP contribution in [0, 0.1) is 17.3 Å². The normalized spacial score (nSPS) is 43.2. The third kappa shape index (κ3) is 1.85. The fourth-order valence-corrected chi connectivity index (χ4v) is 2.46. The van der Waals surface area contributed by atoms with Crippen molar-refractivity contribution in [3.8, 4) is 0 Å². The summed E-state index contributed by atoms with van der Waals surface area (Å²) in [5.41, 5.74) is -0.424. The maximum Gasteiger partial charge on any atom is 0.0983 e. The Hall–Kier alpha value is -0.380. The van der Waals surface area contributed by atoms with Gasteiger partial charge in [0.1, 0.15) is 0 Å². The second-order valence-electron chi connectivity index (χ2n) is 4.77. The molecule has 3 nitrogen and oxygen atoms in total. The summed E-state index contributed by atoms with van der Waals surface area (Å²) in [4.78, 5) is 0.